The topological polar surface area (TPSA) is 128 Å². The molecular weight excluding hydrogens is 685 g/mol. The fourth-order valence-corrected chi connectivity index (χ4v) is 9.56. The first-order valence-corrected chi connectivity index (χ1v) is 20.9. The third-order valence-corrected chi connectivity index (χ3v) is 12.9. The predicted molar refractivity (Wildman–Crippen MR) is 212 cm³/mol. The van der Waals surface area contributed by atoms with Crippen LogP contribution >= 0.6 is 11.3 Å². The summed E-state index contributed by atoms with van der Waals surface area (Å²) in [7, 11) is 0. The van der Waals surface area contributed by atoms with Gasteiger partial charge in [-0.25, -0.2) is 4.99 Å². The average Bonchev–Trinajstić information content (AvgIpc) is 3.81. The number of nitrogens with one attached hydrogen (secondary N) is 2. The van der Waals surface area contributed by atoms with E-state index < -0.39 is 6.04 Å². The van der Waals surface area contributed by atoms with E-state index in [0.717, 1.165) is 78.6 Å². The van der Waals surface area contributed by atoms with Crippen LogP contribution in [0.3, 0.4) is 0 Å². The van der Waals surface area contributed by atoms with Gasteiger partial charge in [-0.15, -0.1) is 11.3 Å². The van der Waals surface area contributed by atoms with Crippen molar-refractivity contribution < 1.29 is 14.3 Å². The van der Waals surface area contributed by atoms with E-state index in [1.165, 1.54) is 32.4 Å². The quantitative estimate of drug-likeness (QED) is 0.207. The van der Waals surface area contributed by atoms with Crippen LogP contribution in [0.5, 0.6) is 0 Å². The van der Waals surface area contributed by atoms with Crippen LogP contribution in [-0.2, 0) is 20.9 Å². The van der Waals surface area contributed by atoms with Crippen LogP contribution in [0.2, 0.25) is 0 Å². The number of unbranched alkanes of at least 4 members (excludes halogenated alkanes) is 1. The number of piperazine rings is 1. The summed E-state index contributed by atoms with van der Waals surface area (Å²) >= 11 is 1.65. The lowest BCUT2D eigenvalue weighted by atomic mass is 9.85. The second-order valence-corrected chi connectivity index (χ2v) is 16.7. The van der Waals surface area contributed by atoms with Gasteiger partial charge in [0.15, 0.2) is 0 Å². The Hall–Kier alpha value is -3.58. The van der Waals surface area contributed by atoms with Gasteiger partial charge in [0.1, 0.15) is 12.1 Å². The number of thiophene rings is 1. The zero-order valence-corrected chi connectivity index (χ0v) is 32.2. The van der Waals surface area contributed by atoms with Crippen LogP contribution in [-0.4, -0.2) is 108 Å². The van der Waals surface area contributed by atoms with Gasteiger partial charge < -0.3 is 35.8 Å². The number of aliphatic imine (C=N–C) groups is 1. The first kappa shape index (κ1) is 37.7. The monoisotopic (exact) mass is 742 g/mol. The number of piperidine rings is 1. The maximum Gasteiger partial charge on any atom is 0.288 e. The van der Waals surface area contributed by atoms with Crippen molar-refractivity contribution in [1.82, 2.24) is 30.3 Å². The lowest BCUT2D eigenvalue weighted by molar-refractivity contribution is -0.145. The van der Waals surface area contributed by atoms with Crippen molar-refractivity contribution in [3.8, 4) is 0 Å². The molecular formula is C41H58N8O3S. The molecule has 2 saturated heterocycles. The minimum absolute atomic E-state index is 0.0291. The maximum atomic E-state index is 14.8. The Morgan fingerprint density at radius 2 is 1.83 bits per heavy atom. The summed E-state index contributed by atoms with van der Waals surface area (Å²) in [5.41, 5.74) is 7.10. The van der Waals surface area contributed by atoms with Crippen molar-refractivity contribution in [2.24, 2.45) is 16.6 Å². The van der Waals surface area contributed by atoms with Crippen molar-refractivity contribution >= 4 is 39.3 Å². The second-order valence-electron chi connectivity index (χ2n) is 15.5. The highest BCUT2D eigenvalue weighted by atomic mass is 32.1. The van der Waals surface area contributed by atoms with Gasteiger partial charge in [0.05, 0.1) is 25.2 Å². The van der Waals surface area contributed by atoms with Crippen LogP contribution in [0, 0.1) is 5.92 Å². The van der Waals surface area contributed by atoms with E-state index in [9.17, 15) is 9.59 Å². The number of nitrogens with two attached hydrogens (primary N) is 1. The molecule has 0 spiro atoms. The Kier molecular flexibility index (Phi) is 12.9. The van der Waals surface area contributed by atoms with E-state index in [1.54, 1.807) is 17.5 Å². The molecule has 4 N–H and O–H groups in total. The van der Waals surface area contributed by atoms with Crippen LogP contribution < -0.4 is 16.4 Å². The van der Waals surface area contributed by atoms with Crippen LogP contribution in [0.4, 0.5) is 0 Å². The minimum Gasteiger partial charge on any atom is -0.455 e. The molecule has 3 fully saturated rings. The molecule has 11 nitrogen and oxygen atoms in total. The molecule has 1 saturated carbocycles. The molecule has 3 aliphatic heterocycles. The molecule has 7 rings (SSSR count). The molecule has 4 atom stereocenters. The number of aromatic nitrogens is 1. The number of rotatable bonds is 13. The first-order valence-electron chi connectivity index (χ1n) is 20.1. The third-order valence-electron chi connectivity index (χ3n) is 11.7. The highest BCUT2D eigenvalue weighted by Gasteiger charge is 2.42. The number of benzene rings is 1. The van der Waals surface area contributed by atoms with Gasteiger partial charge in [0, 0.05) is 46.5 Å². The SMILES string of the molecule is C[C@@H]1N=C(N2CCN(C(=O)C(CCCCN3CCCCC3)NC3CCC(CN)CC3)[C@H](C(=O)NCc3cc4cnccc4s3)C2)O[C@H]1c1ccccc1. The molecule has 5 heterocycles. The molecule has 0 bridgehead atoms. The lowest BCUT2D eigenvalue weighted by Gasteiger charge is -2.42. The van der Waals surface area contributed by atoms with Gasteiger partial charge in [-0.2, -0.15) is 0 Å². The molecule has 2 aromatic heterocycles. The highest BCUT2D eigenvalue weighted by molar-refractivity contribution is 7.19. The van der Waals surface area contributed by atoms with Gasteiger partial charge in [0.25, 0.3) is 6.02 Å². The zero-order chi connectivity index (χ0) is 36.6. The molecule has 1 unspecified atom stereocenters. The number of amides is 2. The van der Waals surface area contributed by atoms with Crippen molar-refractivity contribution in [1.29, 1.82) is 0 Å². The number of pyridine rings is 1. The van der Waals surface area contributed by atoms with E-state index in [-0.39, 0.29) is 36.0 Å². The van der Waals surface area contributed by atoms with Crippen molar-refractivity contribution in [2.75, 3.05) is 45.8 Å². The van der Waals surface area contributed by atoms with E-state index >= 15 is 0 Å². The Balaban J connectivity index is 1.07. The Bertz CT molecular complexity index is 1640. The number of carbonyl (C=O) groups excluding carboxylic acids is 2. The molecule has 53 heavy (non-hydrogen) atoms. The van der Waals surface area contributed by atoms with Gasteiger partial charge >= 0.3 is 0 Å². The van der Waals surface area contributed by atoms with Crippen molar-refractivity contribution in [3.05, 3.63) is 65.3 Å². The summed E-state index contributed by atoms with van der Waals surface area (Å²) in [5.74, 6) is 0.439. The fourth-order valence-electron chi connectivity index (χ4n) is 8.59. The molecule has 2 amide bonds. The molecule has 286 valence electrons. The first-order chi connectivity index (χ1) is 25.9. The average molecular weight is 743 g/mol. The fraction of sp³-hybridized carbons (Fsp3) is 0.610. The summed E-state index contributed by atoms with van der Waals surface area (Å²) in [5, 5.41) is 8.09. The number of hydrogen-bond acceptors (Lipinski definition) is 10. The number of likely N-dealkylation sites (tertiary alicyclic amines) is 1. The van der Waals surface area contributed by atoms with E-state index in [4.69, 9.17) is 15.5 Å². The number of carbonyl (C=O) groups is 2. The summed E-state index contributed by atoms with van der Waals surface area (Å²) in [4.78, 5) is 45.8. The maximum absolute atomic E-state index is 14.8. The van der Waals surface area contributed by atoms with Gasteiger partial charge in [-0.05, 0) is 108 Å². The third kappa shape index (κ3) is 9.57. The molecule has 3 aromatic rings. The van der Waals surface area contributed by atoms with E-state index in [2.05, 4.69) is 50.5 Å². The Morgan fingerprint density at radius 3 is 2.60 bits per heavy atom. The molecule has 1 aliphatic carbocycles. The van der Waals surface area contributed by atoms with E-state index in [1.807, 2.05) is 35.4 Å². The van der Waals surface area contributed by atoms with Gasteiger partial charge in [0.2, 0.25) is 11.8 Å². The normalized spacial score (nSPS) is 25.9. The standard InChI is InChI=1S/C41H58N8O3S/c1-29-38(31-10-4-2-5-11-31)52-41(45-29)48-22-23-49(36(28-48)39(50)44-27-34-24-32-26-43-18-17-37(32)53-34)40(51)35(46-33-15-13-30(25-42)14-16-33)12-6-9-21-47-19-7-3-8-20-47/h2,4-5,10-11,17-18,24,26,29-30,33,35-36,38,46H,3,6-9,12-16,19-23,25,27-28,42H2,1H3,(H,44,50)/t29-,30?,33?,35?,36-,38+/m0/s1. The van der Waals surface area contributed by atoms with Crippen molar-refractivity contribution in [3.63, 3.8) is 0 Å². The van der Waals surface area contributed by atoms with E-state index in [0.29, 0.717) is 38.1 Å². The number of hydrogen-bond donors (Lipinski definition) is 3. The number of nitrogens with zero attached hydrogens (tertiary/aromatic N) is 5. The summed E-state index contributed by atoms with van der Waals surface area (Å²) in [6.07, 6.45) is 14.4. The lowest BCUT2D eigenvalue weighted by Crippen LogP contribution is -2.64. The van der Waals surface area contributed by atoms with Crippen molar-refractivity contribution in [2.45, 2.75) is 108 Å². The smallest absolute Gasteiger partial charge is 0.288 e. The highest BCUT2D eigenvalue weighted by Crippen LogP contribution is 2.31. The summed E-state index contributed by atoms with van der Waals surface area (Å²) in [6, 6.07) is 14.0. The van der Waals surface area contributed by atoms with Gasteiger partial charge in [-0.3, -0.25) is 14.6 Å². The van der Waals surface area contributed by atoms with Crippen LogP contribution in [0.1, 0.15) is 87.7 Å². The minimum atomic E-state index is -0.685. The number of fused-ring (bicyclic) bond motifs is 1. The molecule has 1 aromatic carbocycles. The molecule has 12 heteroatoms. The van der Waals surface area contributed by atoms with Crippen LogP contribution in [0.25, 0.3) is 10.1 Å². The molecule has 4 aliphatic rings. The second kappa shape index (κ2) is 18.2. The van der Waals surface area contributed by atoms with Gasteiger partial charge in [-0.1, -0.05) is 43.2 Å². The number of amidine groups is 1. The summed E-state index contributed by atoms with van der Waals surface area (Å²) in [6.45, 7) is 7.94. The molecule has 0 radical (unpaired) electrons. The predicted octanol–water partition coefficient (Wildman–Crippen LogP) is 5.07. The zero-order valence-electron chi connectivity index (χ0n) is 31.3. The Labute approximate surface area is 318 Å². The van der Waals surface area contributed by atoms with Crippen LogP contribution in [0.15, 0.2) is 59.9 Å². The summed E-state index contributed by atoms with van der Waals surface area (Å²) < 4.78 is 7.62. The Morgan fingerprint density at radius 1 is 1.02 bits per heavy atom. The number of ether oxygens (including phenoxy) is 1. The largest absolute Gasteiger partial charge is 0.455 e.